The smallest absolute Gasteiger partial charge is 0.353 e. The molecule has 4 aromatic rings. The maximum absolute atomic E-state index is 13.4. The molecule has 5 nitrogen and oxygen atoms in total. The summed E-state index contributed by atoms with van der Waals surface area (Å²) in [5, 5.41) is 1.98. The molecule has 0 radical (unpaired) electrons. The lowest BCUT2D eigenvalue weighted by molar-refractivity contribution is -0.137. The van der Waals surface area contributed by atoms with Gasteiger partial charge in [-0.15, -0.1) is 0 Å². The van der Waals surface area contributed by atoms with E-state index in [1.165, 1.54) is 12.1 Å². The Hall–Kier alpha value is -3.94. The molecule has 1 amide bonds. The predicted molar refractivity (Wildman–Crippen MR) is 139 cm³/mol. The second-order valence-electron chi connectivity index (χ2n) is 9.17. The Morgan fingerprint density at radius 1 is 0.892 bits per heavy atom. The molecule has 0 saturated carbocycles. The minimum absolute atomic E-state index is 0.0106. The van der Waals surface area contributed by atoms with Crippen molar-refractivity contribution in [3.8, 4) is 11.4 Å². The van der Waals surface area contributed by atoms with E-state index in [-0.39, 0.29) is 5.91 Å². The van der Waals surface area contributed by atoms with Crippen LogP contribution in [0.15, 0.2) is 66.7 Å². The number of nitrogens with zero attached hydrogens (tertiary/aromatic N) is 4. The van der Waals surface area contributed by atoms with Crippen molar-refractivity contribution >= 4 is 22.5 Å². The summed E-state index contributed by atoms with van der Waals surface area (Å²) in [5.74, 6) is 1.19. The van der Waals surface area contributed by atoms with E-state index in [2.05, 4.69) is 9.88 Å². The normalized spacial score (nSPS) is 14.3. The molecule has 1 fully saturated rings. The third kappa shape index (κ3) is 4.88. The number of aromatic nitrogens is 2. The largest absolute Gasteiger partial charge is 0.416 e. The highest BCUT2D eigenvalue weighted by atomic mass is 19.4. The number of halogens is 3. The van der Waals surface area contributed by atoms with Gasteiger partial charge in [0.2, 0.25) is 0 Å². The Labute approximate surface area is 213 Å². The van der Waals surface area contributed by atoms with Gasteiger partial charge in [0.15, 0.2) is 5.82 Å². The molecule has 1 aliphatic rings. The molecule has 0 unspecified atom stereocenters. The van der Waals surface area contributed by atoms with Crippen LogP contribution in [-0.4, -0.2) is 47.0 Å². The third-order valence-corrected chi connectivity index (χ3v) is 6.90. The summed E-state index contributed by atoms with van der Waals surface area (Å²) in [6.45, 7) is 6.23. The Morgan fingerprint density at radius 2 is 1.57 bits per heavy atom. The number of benzene rings is 3. The van der Waals surface area contributed by atoms with Gasteiger partial charge in [0.05, 0.1) is 5.56 Å². The lowest BCUT2D eigenvalue weighted by atomic mass is 10.0. The van der Waals surface area contributed by atoms with E-state index in [1.807, 2.05) is 61.2 Å². The molecule has 1 saturated heterocycles. The zero-order chi connectivity index (χ0) is 26.2. The number of alkyl halides is 3. The maximum atomic E-state index is 13.4. The molecule has 0 spiro atoms. The number of carbonyl (C=O) groups is 1. The van der Waals surface area contributed by atoms with Crippen LogP contribution in [0.4, 0.5) is 19.0 Å². The summed E-state index contributed by atoms with van der Waals surface area (Å²) < 4.78 is 39.0. The van der Waals surface area contributed by atoms with Crippen molar-refractivity contribution in [3.05, 3.63) is 89.1 Å². The molecule has 2 heterocycles. The van der Waals surface area contributed by atoms with E-state index in [0.29, 0.717) is 43.1 Å². The van der Waals surface area contributed by atoms with Gasteiger partial charge < -0.3 is 9.80 Å². The third-order valence-electron chi connectivity index (χ3n) is 6.90. The zero-order valence-electron chi connectivity index (χ0n) is 20.7. The first-order valence-electron chi connectivity index (χ1n) is 12.3. The van der Waals surface area contributed by atoms with Crippen LogP contribution in [0, 0.1) is 6.92 Å². The average molecular weight is 505 g/mol. The van der Waals surface area contributed by atoms with Crippen LogP contribution < -0.4 is 4.90 Å². The lowest BCUT2D eigenvalue weighted by Crippen LogP contribution is -2.49. The van der Waals surface area contributed by atoms with Crippen molar-refractivity contribution in [3.63, 3.8) is 0 Å². The van der Waals surface area contributed by atoms with Crippen LogP contribution in [-0.2, 0) is 12.6 Å². The van der Waals surface area contributed by atoms with Crippen molar-refractivity contribution in [2.24, 2.45) is 0 Å². The van der Waals surface area contributed by atoms with Crippen molar-refractivity contribution in [2.45, 2.75) is 26.4 Å². The number of rotatable bonds is 4. The van der Waals surface area contributed by atoms with Gasteiger partial charge in [0, 0.05) is 48.6 Å². The van der Waals surface area contributed by atoms with Gasteiger partial charge in [-0.2, -0.15) is 13.2 Å². The van der Waals surface area contributed by atoms with Crippen LogP contribution in [0.25, 0.3) is 22.2 Å². The van der Waals surface area contributed by atoms with Crippen molar-refractivity contribution in [1.82, 2.24) is 14.9 Å². The monoisotopic (exact) mass is 504 g/mol. The fourth-order valence-corrected chi connectivity index (χ4v) is 4.90. The summed E-state index contributed by atoms with van der Waals surface area (Å²) in [5.41, 5.74) is 2.33. The Kier molecular flexibility index (Phi) is 6.58. The Bertz CT molecular complexity index is 1440. The number of anilines is 1. The first-order valence-corrected chi connectivity index (χ1v) is 12.3. The number of fused-ring (bicyclic) bond motifs is 1. The summed E-state index contributed by atoms with van der Waals surface area (Å²) in [4.78, 5) is 26.8. The number of aryl methyl sites for hydroxylation is 1. The average Bonchev–Trinajstić information content (AvgIpc) is 2.91. The highest BCUT2D eigenvalue weighted by molar-refractivity contribution is 6.07. The molecular weight excluding hydrogens is 477 g/mol. The number of carbonyl (C=O) groups excluding carboxylic acids is 1. The van der Waals surface area contributed by atoms with E-state index in [0.717, 1.165) is 46.4 Å². The summed E-state index contributed by atoms with van der Waals surface area (Å²) in [6.07, 6.45) is -3.67. The van der Waals surface area contributed by atoms with Crippen molar-refractivity contribution in [2.75, 3.05) is 31.1 Å². The van der Waals surface area contributed by atoms with E-state index in [4.69, 9.17) is 4.98 Å². The van der Waals surface area contributed by atoms with Gasteiger partial charge in [-0.05, 0) is 42.3 Å². The first-order chi connectivity index (χ1) is 17.8. The molecule has 8 heteroatoms. The maximum Gasteiger partial charge on any atom is 0.416 e. The first kappa shape index (κ1) is 24.7. The second-order valence-corrected chi connectivity index (χ2v) is 9.17. The molecule has 5 rings (SSSR count). The Balaban J connectivity index is 1.38. The minimum atomic E-state index is -4.39. The van der Waals surface area contributed by atoms with E-state index >= 15 is 0 Å². The molecule has 37 heavy (non-hydrogen) atoms. The quantitative estimate of drug-likeness (QED) is 0.335. The molecule has 1 aromatic heterocycles. The molecule has 190 valence electrons. The number of hydrogen-bond acceptors (Lipinski definition) is 4. The molecule has 3 aromatic carbocycles. The molecule has 1 aliphatic heterocycles. The summed E-state index contributed by atoms with van der Waals surface area (Å²) >= 11 is 0. The van der Waals surface area contributed by atoms with Gasteiger partial charge in [-0.1, -0.05) is 55.5 Å². The molecule has 0 N–H and O–H groups in total. The summed E-state index contributed by atoms with van der Waals surface area (Å²) in [6, 6.07) is 18.6. The molecule has 0 bridgehead atoms. The van der Waals surface area contributed by atoms with Crippen LogP contribution in [0.1, 0.15) is 34.1 Å². The van der Waals surface area contributed by atoms with Gasteiger partial charge in [-0.25, -0.2) is 9.97 Å². The molecule has 0 atom stereocenters. The standard InChI is InChI=1S/C29H27F3N4O/c1-3-23-19(2)33-26(21-11-13-22(14-12-21)29(30,31)32)34-27(23)35-15-17-36(18-16-35)28(37)25-10-6-8-20-7-4-5-9-24(20)25/h4-14H,3,15-18H2,1-2H3. The highest BCUT2D eigenvalue weighted by Crippen LogP contribution is 2.32. The minimum Gasteiger partial charge on any atom is -0.353 e. The van der Waals surface area contributed by atoms with Crippen LogP contribution in [0.2, 0.25) is 0 Å². The zero-order valence-corrected chi connectivity index (χ0v) is 20.7. The predicted octanol–water partition coefficient (Wildman–Crippen LogP) is 6.15. The van der Waals surface area contributed by atoms with Crippen LogP contribution >= 0.6 is 0 Å². The second kappa shape index (κ2) is 9.84. The Morgan fingerprint density at radius 3 is 2.24 bits per heavy atom. The van der Waals surface area contributed by atoms with Crippen molar-refractivity contribution in [1.29, 1.82) is 0 Å². The highest BCUT2D eigenvalue weighted by Gasteiger charge is 2.30. The molecule has 0 aliphatic carbocycles. The van der Waals surface area contributed by atoms with Gasteiger partial charge in [-0.3, -0.25) is 4.79 Å². The lowest BCUT2D eigenvalue weighted by Gasteiger charge is -2.36. The van der Waals surface area contributed by atoms with Gasteiger partial charge >= 0.3 is 6.18 Å². The number of piperazine rings is 1. The molecular formula is C29H27F3N4O. The van der Waals surface area contributed by atoms with E-state index in [9.17, 15) is 18.0 Å². The van der Waals surface area contributed by atoms with E-state index < -0.39 is 11.7 Å². The SMILES string of the molecule is CCc1c(C)nc(-c2ccc(C(F)(F)F)cc2)nc1N1CCN(C(=O)c2cccc3ccccc23)CC1. The number of amides is 1. The van der Waals surface area contributed by atoms with Crippen LogP contribution in [0.3, 0.4) is 0 Å². The number of hydrogen-bond donors (Lipinski definition) is 0. The topological polar surface area (TPSA) is 49.3 Å². The van der Waals surface area contributed by atoms with Crippen molar-refractivity contribution < 1.29 is 18.0 Å². The van der Waals surface area contributed by atoms with Crippen LogP contribution in [0.5, 0.6) is 0 Å². The van der Waals surface area contributed by atoms with Gasteiger partial charge in [0.1, 0.15) is 5.82 Å². The fraction of sp³-hybridized carbons (Fsp3) is 0.276. The summed E-state index contributed by atoms with van der Waals surface area (Å²) in [7, 11) is 0. The van der Waals surface area contributed by atoms with Gasteiger partial charge in [0.25, 0.3) is 5.91 Å². The fourth-order valence-electron chi connectivity index (χ4n) is 4.90. The van der Waals surface area contributed by atoms with E-state index in [1.54, 1.807) is 0 Å².